The van der Waals surface area contributed by atoms with Crippen LogP contribution in [-0.4, -0.2) is 17.3 Å². The minimum absolute atomic E-state index is 0.551. The van der Waals surface area contributed by atoms with Gasteiger partial charge in [0.15, 0.2) is 0 Å². The van der Waals surface area contributed by atoms with E-state index >= 15 is 0 Å². The van der Waals surface area contributed by atoms with Gasteiger partial charge in [0.05, 0.1) is 11.3 Å². The number of anilines is 1. The zero-order valence-electron chi connectivity index (χ0n) is 9.98. The molecule has 0 bridgehead atoms. The van der Waals surface area contributed by atoms with Crippen LogP contribution in [-0.2, 0) is 0 Å². The van der Waals surface area contributed by atoms with Crippen LogP contribution >= 0.6 is 47.8 Å². The van der Waals surface area contributed by atoms with Gasteiger partial charge in [0, 0.05) is 20.0 Å². The number of nitrogens with one attached hydrogen (secondary N) is 1. The molecule has 1 aliphatic carbocycles. The smallest absolute Gasteiger partial charge is 0.0819 e. The molecule has 0 aliphatic heterocycles. The first-order valence-corrected chi connectivity index (χ1v) is 8.49. The predicted octanol–water partition coefficient (Wildman–Crippen LogP) is 5.08. The Morgan fingerprint density at radius 1 is 1.06 bits per heavy atom. The van der Waals surface area contributed by atoms with Gasteiger partial charge in [-0.2, -0.15) is 0 Å². The molecule has 1 saturated carbocycles. The molecule has 100 valence electrons. The van der Waals surface area contributed by atoms with Crippen LogP contribution < -0.4 is 5.32 Å². The van der Waals surface area contributed by atoms with Crippen molar-refractivity contribution in [3.63, 3.8) is 0 Å². The third-order valence-corrected chi connectivity index (χ3v) is 5.09. The molecule has 0 atom stereocenters. The maximum atomic E-state index is 10.5. The highest BCUT2D eigenvalue weighted by atomic mass is 79.9. The molecule has 2 rings (SSSR count). The fourth-order valence-electron chi connectivity index (χ4n) is 2.35. The first-order valence-electron chi connectivity index (χ1n) is 6.11. The SMILES string of the molecule is OC1(CNc2c(Br)cc(Br)cc2Br)CCCCC1. The molecule has 1 aromatic carbocycles. The molecule has 0 amide bonds. The summed E-state index contributed by atoms with van der Waals surface area (Å²) in [6.45, 7) is 0.603. The van der Waals surface area contributed by atoms with Gasteiger partial charge in [0.25, 0.3) is 0 Å². The molecule has 5 heteroatoms. The van der Waals surface area contributed by atoms with Crippen molar-refractivity contribution in [3.8, 4) is 0 Å². The standard InChI is InChI=1S/C13H16Br3NO/c14-9-6-10(15)12(11(16)7-9)17-8-13(18)4-2-1-3-5-13/h6-7,17-18H,1-5,8H2. The maximum absolute atomic E-state index is 10.5. The van der Waals surface area contributed by atoms with Crippen molar-refractivity contribution < 1.29 is 5.11 Å². The quantitative estimate of drug-likeness (QED) is 0.685. The topological polar surface area (TPSA) is 32.3 Å². The van der Waals surface area contributed by atoms with Crippen molar-refractivity contribution in [2.75, 3.05) is 11.9 Å². The van der Waals surface area contributed by atoms with Crippen LogP contribution in [0.5, 0.6) is 0 Å². The van der Waals surface area contributed by atoms with Gasteiger partial charge in [-0.3, -0.25) is 0 Å². The molecule has 2 nitrogen and oxygen atoms in total. The lowest BCUT2D eigenvalue weighted by Gasteiger charge is -2.32. The van der Waals surface area contributed by atoms with Gasteiger partial charge < -0.3 is 10.4 Å². The zero-order chi connectivity index (χ0) is 13.2. The summed E-state index contributed by atoms with van der Waals surface area (Å²) >= 11 is 10.5. The Morgan fingerprint density at radius 2 is 1.61 bits per heavy atom. The van der Waals surface area contributed by atoms with E-state index in [0.29, 0.717) is 6.54 Å². The second-order valence-corrected chi connectivity index (χ2v) is 7.51. The van der Waals surface area contributed by atoms with Crippen molar-refractivity contribution in [3.05, 3.63) is 25.6 Å². The van der Waals surface area contributed by atoms with Crippen molar-refractivity contribution >= 4 is 53.5 Å². The molecule has 0 aromatic heterocycles. The molecule has 1 aliphatic rings. The lowest BCUT2D eigenvalue weighted by atomic mass is 9.85. The molecule has 0 saturated heterocycles. The Morgan fingerprint density at radius 3 is 2.17 bits per heavy atom. The van der Waals surface area contributed by atoms with Gasteiger partial charge in [0.2, 0.25) is 0 Å². The molecule has 1 fully saturated rings. The van der Waals surface area contributed by atoms with E-state index in [-0.39, 0.29) is 0 Å². The average molecular weight is 442 g/mol. The monoisotopic (exact) mass is 439 g/mol. The molecule has 0 radical (unpaired) electrons. The van der Waals surface area contributed by atoms with Crippen LogP contribution in [0.1, 0.15) is 32.1 Å². The lowest BCUT2D eigenvalue weighted by molar-refractivity contribution is 0.0167. The highest BCUT2D eigenvalue weighted by Crippen LogP contribution is 2.35. The minimum Gasteiger partial charge on any atom is -0.388 e. The van der Waals surface area contributed by atoms with Crippen LogP contribution in [0.2, 0.25) is 0 Å². The van der Waals surface area contributed by atoms with E-state index < -0.39 is 5.60 Å². The second-order valence-electron chi connectivity index (χ2n) is 4.88. The van der Waals surface area contributed by atoms with Gasteiger partial charge in [-0.15, -0.1) is 0 Å². The summed E-state index contributed by atoms with van der Waals surface area (Å²) in [6, 6.07) is 4.00. The van der Waals surface area contributed by atoms with E-state index in [1.165, 1.54) is 6.42 Å². The normalized spacial score (nSPS) is 18.7. The van der Waals surface area contributed by atoms with E-state index in [1.807, 2.05) is 12.1 Å². The highest BCUT2D eigenvalue weighted by molar-refractivity contribution is 9.11. The van der Waals surface area contributed by atoms with E-state index in [1.54, 1.807) is 0 Å². The largest absolute Gasteiger partial charge is 0.388 e. The molecule has 0 unspecified atom stereocenters. The third-order valence-electron chi connectivity index (χ3n) is 3.39. The third kappa shape index (κ3) is 3.71. The summed E-state index contributed by atoms with van der Waals surface area (Å²) in [5.41, 5.74) is 0.446. The lowest BCUT2D eigenvalue weighted by Crippen LogP contribution is -2.38. The zero-order valence-corrected chi connectivity index (χ0v) is 14.7. The van der Waals surface area contributed by atoms with Crippen LogP contribution in [0, 0.1) is 0 Å². The average Bonchev–Trinajstić information content (AvgIpc) is 2.28. The van der Waals surface area contributed by atoms with Crippen molar-refractivity contribution in [1.29, 1.82) is 0 Å². The summed E-state index contributed by atoms with van der Waals surface area (Å²) in [4.78, 5) is 0. The molecule has 0 heterocycles. The molecule has 18 heavy (non-hydrogen) atoms. The molecular formula is C13H16Br3NO. The van der Waals surface area contributed by atoms with Gasteiger partial charge >= 0.3 is 0 Å². The number of halogens is 3. The summed E-state index contributed by atoms with van der Waals surface area (Å²) in [5.74, 6) is 0. The van der Waals surface area contributed by atoms with E-state index in [2.05, 4.69) is 53.1 Å². The number of aliphatic hydroxyl groups is 1. The highest BCUT2D eigenvalue weighted by Gasteiger charge is 2.29. The van der Waals surface area contributed by atoms with Crippen molar-refractivity contribution in [1.82, 2.24) is 0 Å². The number of hydrogen-bond acceptors (Lipinski definition) is 2. The summed E-state index contributed by atoms with van der Waals surface area (Å²) < 4.78 is 2.99. The van der Waals surface area contributed by atoms with Crippen LogP contribution in [0.3, 0.4) is 0 Å². The summed E-state index contributed by atoms with van der Waals surface area (Å²) in [6.07, 6.45) is 5.28. The van der Waals surface area contributed by atoms with Gasteiger partial charge in [-0.1, -0.05) is 35.2 Å². The van der Waals surface area contributed by atoms with Crippen molar-refractivity contribution in [2.24, 2.45) is 0 Å². The predicted molar refractivity (Wildman–Crippen MR) is 86.1 cm³/mol. The fraction of sp³-hybridized carbons (Fsp3) is 0.538. The number of hydrogen-bond donors (Lipinski definition) is 2. The molecule has 1 aromatic rings. The Labute approximate surface area is 133 Å². The fourth-order valence-corrected chi connectivity index (χ4v) is 4.89. The van der Waals surface area contributed by atoms with Gasteiger partial charge in [-0.05, 0) is 56.8 Å². The summed E-state index contributed by atoms with van der Waals surface area (Å²) in [5, 5.41) is 13.8. The Balaban J connectivity index is 2.06. The second kappa shape index (κ2) is 6.25. The number of benzene rings is 1. The van der Waals surface area contributed by atoms with Crippen LogP contribution in [0.4, 0.5) is 5.69 Å². The Bertz CT molecular complexity index is 407. The summed E-state index contributed by atoms with van der Waals surface area (Å²) in [7, 11) is 0. The van der Waals surface area contributed by atoms with Crippen molar-refractivity contribution in [2.45, 2.75) is 37.7 Å². The number of rotatable bonds is 3. The van der Waals surface area contributed by atoms with E-state index in [4.69, 9.17) is 0 Å². The minimum atomic E-state index is -0.551. The van der Waals surface area contributed by atoms with Crippen LogP contribution in [0.25, 0.3) is 0 Å². The maximum Gasteiger partial charge on any atom is 0.0819 e. The Kier molecular flexibility index (Phi) is 5.14. The Hall–Kier alpha value is 0.420. The van der Waals surface area contributed by atoms with E-state index in [9.17, 15) is 5.11 Å². The first-order chi connectivity index (χ1) is 8.50. The van der Waals surface area contributed by atoms with Gasteiger partial charge in [0.1, 0.15) is 0 Å². The van der Waals surface area contributed by atoms with Crippen LogP contribution in [0.15, 0.2) is 25.6 Å². The van der Waals surface area contributed by atoms with E-state index in [0.717, 1.165) is 44.8 Å². The first kappa shape index (κ1) is 14.8. The van der Waals surface area contributed by atoms with Gasteiger partial charge in [-0.25, -0.2) is 0 Å². The molecule has 2 N–H and O–H groups in total. The molecular weight excluding hydrogens is 426 g/mol. The molecule has 0 spiro atoms.